The molecular weight excluding hydrogens is 402 g/mol. The number of para-hydroxylation sites is 1. The van der Waals surface area contributed by atoms with E-state index in [0.717, 1.165) is 47.4 Å². The normalized spacial score (nSPS) is 13.6. The van der Waals surface area contributed by atoms with Crippen LogP contribution in [-0.2, 0) is 13.5 Å². The Labute approximate surface area is 183 Å². The van der Waals surface area contributed by atoms with Crippen molar-refractivity contribution in [2.24, 2.45) is 7.05 Å². The third-order valence-electron chi connectivity index (χ3n) is 6.26. The molecule has 4 heterocycles. The zero-order valence-electron chi connectivity index (χ0n) is 17.5. The number of nitrogens with one attached hydrogen (secondary N) is 1. The molecule has 32 heavy (non-hydrogen) atoms. The van der Waals surface area contributed by atoms with Crippen LogP contribution in [0.2, 0.25) is 0 Å². The van der Waals surface area contributed by atoms with E-state index in [9.17, 15) is 9.90 Å². The Morgan fingerprint density at radius 3 is 2.88 bits per heavy atom. The van der Waals surface area contributed by atoms with Gasteiger partial charge in [0.1, 0.15) is 5.69 Å². The summed E-state index contributed by atoms with van der Waals surface area (Å²) in [6.07, 6.45) is 3.75. The number of pyridine rings is 1. The van der Waals surface area contributed by atoms with Gasteiger partial charge in [-0.2, -0.15) is 5.10 Å². The molecule has 5 aromatic rings. The number of aryl methyl sites for hydroxylation is 2. The molecule has 0 amide bonds. The first kappa shape index (κ1) is 18.6. The van der Waals surface area contributed by atoms with Crippen LogP contribution in [0, 0.1) is 0 Å². The van der Waals surface area contributed by atoms with Gasteiger partial charge in [0.2, 0.25) is 0 Å². The van der Waals surface area contributed by atoms with Gasteiger partial charge in [-0.1, -0.05) is 18.2 Å². The van der Waals surface area contributed by atoms with Gasteiger partial charge in [0.15, 0.2) is 0 Å². The fourth-order valence-corrected chi connectivity index (χ4v) is 4.75. The van der Waals surface area contributed by atoms with E-state index in [1.54, 1.807) is 0 Å². The molecule has 158 valence electrons. The third-order valence-corrected chi connectivity index (χ3v) is 6.26. The second-order valence-corrected chi connectivity index (χ2v) is 8.16. The monoisotopic (exact) mass is 423 g/mol. The van der Waals surface area contributed by atoms with Crippen molar-refractivity contribution >= 4 is 39.3 Å². The van der Waals surface area contributed by atoms with Crippen molar-refractivity contribution < 1.29 is 9.90 Å². The molecule has 0 bridgehead atoms. The standard InChI is InChI=1S/C25H21N5O2/c1-29-22-13-16(30-12-4-6-15-5-2-3-7-21(15)30)8-9-17(22)24(28-29)20-14-19-23(27-20)18(25(31)32)10-11-26-19/h2-3,5,7-11,13-14,27H,4,6,12H2,1H3,(H,31,32). The number of aromatic carboxylic acids is 1. The Hall–Kier alpha value is -4.13. The number of carboxylic acid groups (broad SMARTS) is 1. The number of benzene rings is 2. The molecule has 0 saturated heterocycles. The number of hydrogen-bond donors (Lipinski definition) is 2. The first-order chi connectivity index (χ1) is 15.6. The van der Waals surface area contributed by atoms with E-state index in [1.165, 1.54) is 23.5 Å². The zero-order chi connectivity index (χ0) is 21.8. The SMILES string of the molecule is Cn1nc(-c2cc3nccc(C(=O)O)c3[nH]2)c2ccc(N3CCCc4ccccc43)cc21. The molecule has 7 nitrogen and oxygen atoms in total. The largest absolute Gasteiger partial charge is 0.478 e. The smallest absolute Gasteiger partial charge is 0.337 e. The maximum atomic E-state index is 11.6. The molecule has 7 heteroatoms. The van der Waals surface area contributed by atoms with Gasteiger partial charge in [-0.05, 0) is 54.8 Å². The number of aromatic nitrogens is 4. The van der Waals surface area contributed by atoms with Crippen molar-refractivity contribution in [3.8, 4) is 11.4 Å². The molecule has 1 aliphatic heterocycles. The summed E-state index contributed by atoms with van der Waals surface area (Å²) in [4.78, 5) is 21.5. The van der Waals surface area contributed by atoms with Gasteiger partial charge in [0, 0.05) is 36.6 Å². The Bertz CT molecular complexity index is 1510. The van der Waals surface area contributed by atoms with Crippen LogP contribution in [0.15, 0.2) is 60.8 Å². The number of H-pyrrole nitrogens is 1. The molecule has 1 aliphatic rings. The molecule has 0 aliphatic carbocycles. The molecule has 0 fully saturated rings. The summed E-state index contributed by atoms with van der Waals surface area (Å²) < 4.78 is 1.88. The van der Waals surface area contributed by atoms with Gasteiger partial charge in [-0.15, -0.1) is 0 Å². The molecule has 0 spiro atoms. The average Bonchev–Trinajstić information content (AvgIpc) is 3.39. The van der Waals surface area contributed by atoms with Crippen molar-refractivity contribution in [2.45, 2.75) is 12.8 Å². The number of carbonyl (C=O) groups is 1. The van der Waals surface area contributed by atoms with Gasteiger partial charge in [0.05, 0.1) is 27.8 Å². The highest BCUT2D eigenvalue weighted by atomic mass is 16.4. The molecule has 0 unspecified atom stereocenters. The highest BCUT2D eigenvalue weighted by Crippen LogP contribution is 2.37. The first-order valence-corrected chi connectivity index (χ1v) is 10.6. The Morgan fingerprint density at radius 2 is 2.00 bits per heavy atom. The summed E-state index contributed by atoms with van der Waals surface area (Å²) >= 11 is 0. The zero-order valence-corrected chi connectivity index (χ0v) is 17.5. The lowest BCUT2D eigenvalue weighted by atomic mass is 10.0. The van der Waals surface area contributed by atoms with E-state index in [0.29, 0.717) is 11.0 Å². The van der Waals surface area contributed by atoms with Crippen LogP contribution in [0.4, 0.5) is 11.4 Å². The Kier molecular flexibility index (Phi) is 4.04. The third kappa shape index (κ3) is 2.78. The van der Waals surface area contributed by atoms with Crippen molar-refractivity contribution in [3.05, 3.63) is 71.9 Å². The average molecular weight is 423 g/mol. The number of fused-ring (bicyclic) bond motifs is 3. The predicted molar refractivity (Wildman–Crippen MR) is 125 cm³/mol. The Balaban J connectivity index is 1.47. The summed E-state index contributed by atoms with van der Waals surface area (Å²) in [6.45, 7) is 0.985. The number of aromatic amines is 1. The minimum absolute atomic E-state index is 0.201. The number of hydrogen-bond acceptors (Lipinski definition) is 4. The van der Waals surface area contributed by atoms with Crippen LogP contribution in [0.25, 0.3) is 33.3 Å². The molecule has 0 saturated carbocycles. The first-order valence-electron chi connectivity index (χ1n) is 10.6. The second-order valence-electron chi connectivity index (χ2n) is 8.16. The van der Waals surface area contributed by atoms with Gasteiger partial charge in [-0.25, -0.2) is 4.79 Å². The lowest BCUT2D eigenvalue weighted by Gasteiger charge is -2.31. The van der Waals surface area contributed by atoms with Crippen LogP contribution in [0.3, 0.4) is 0 Å². The second kappa shape index (κ2) is 6.95. The van der Waals surface area contributed by atoms with Crippen LogP contribution in [0.1, 0.15) is 22.3 Å². The lowest BCUT2D eigenvalue weighted by Crippen LogP contribution is -2.24. The van der Waals surface area contributed by atoms with E-state index >= 15 is 0 Å². The quantitative estimate of drug-likeness (QED) is 0.431. The van der Waals surface area contributed by atoms with Crippen molar-refractivity contribution in [2.75, 3.05) is 11.4 Å². The minimum Gasteiger partial charge on any atom is -0.478 e. The fraction of sp³-hybridized carbons (Fsp3) is 0.160. The van der Waals surface area contributed by atoms with Gasteiger partial charge >= 0.3 is 5.97 Å². The van der Waals surface area contributed by atoms with E-state index in [2.05, 4.69) is 57.3 Å². The number of nitrogens with zero attached hydrogens (tertiary/aromatic N) is 4. The predicted octanol–water partition coefficient (Wildman–Crippen LogP) is 4.90. The molecule has 2 N–H and O–H groups in total. The molecule has 0 atom stereocenters. The number of anilines is 2. The van der Waals surface area contributed by atoms with Gasteiger partial charge in [-0.3, -0.25) is 9.67 Å². The maximum absolute atomic E-state index is 11.6. The van der Waals surface area contributed by atoms with E-state index < -0.39 is 5.97 Å². The fourth-order valence-electron chi connectivity index (χ4n) is 4.75. The number of rotatable bonds is 3. The van der Waals surface area contributed by atoms with Crippen LogP contribution < -0.4 is 4.90 Å². The molecular formula is C25H21N5O2. The molecule has 6 rings (SSSR count). The highest BCUT2D eigenvalue weighted by Gasteiger charge is 2.21. The molecule has 3 aromatic heterocycles. The molecule has 2 aromatic carbocycles. The van der Waals surface area contributed by atoms with Crippen LogP contribution >= 0.6 is 0 Å². The van der Waals surface area contributed by atoms with Crippen molar-refractivity contribution in [1.82, 2.24) is 19.7 Å². The minimum atomic E-state index is -0.983. The van der Waals surface area contributed by atoms with Crippen LogP contribution in [0.5, 0.6) is 0 Å². The Morgan fingerprint density at radius 1 is 1.12 bits per heavy atom. The van der Waals surface area contributed by atoms with Crippen molar-refractivity contribution in [1.29, 1.82) is 0 Å². The van der Waals surface area contributed by atoms with E-state index in [4.69, 9.17) is 5.10 Å². The van der Waals surface area contributed by atoms with Crippen molar-refractivity contribution in [3.63, 3.8) is 0 Å². The highest BCUT2D eigenvalue weighted by molar-refractivity contribution is 6.03. The summed E-state index contributed by atoms with van der Waals surface area (Å²) in [6, 6.07) is 18.4. The summed E-state index contributed by atoms with van der Waals surface area (Å²) in [5.41, 5.74) is 7.66. The summed E-state index contributed by atoms with van der Waals surface area (Å²) in [5.74, 6) is -0.983. The topological polar surface area (TPSA) is 87.0 Å². The molecule has 0 radical (unpaired) electrons. The lowest BCUT2D eigenvalue weighted by molar-refractivity contribution is 0.0698. The maximum Gasteiger partial charge on any atom is 0.337 e. The summed E-state index contributed by atoms with van der Waals surface area (Å²) in [5, 5.41) is 15.2. The van der Waals surface area contributed by atoms with Crippen LogP contribution in [-0.4, -0.2) is 37.4 Å². The van der Waals surface area contributed by atoms with E-state index in [-0.39, 0.29) is 5.56 Å². The van der Waals surface area contributed by atoms with Gasteiger partial charge < -0.3 is 15.0 Å². The van der Waals surface area contributed by atoms with E-state index in [1.807, 2.05) is 17.8 Å². The van der Waals surface area contributed by atoms with Gasteiger partial charge in [0.25, 0.3) is 0 Å². The summed E-state index contributed by atoms with van der Waals surface area (Å²) in [7, 11) is 1.93. The number of carboxylic acids is 1.